The van der Waals surface area contributed by atoms with E-state index in [1.54, 1.807) is 30.3 Å². The first-order valence-electron chi connectivity index (χ1n) is 8.95. The number of likely N-dealkylation sites (tertiary alicyclic amines) is 1. The van der Waals surface area contributed by atoms with Gasteiger partial charge in [-0.2, -0.15) is 0 Å². The minimum atomic E-state index is -3.51. The standard InChI is InChI=1S/C18H29N3O3S/c1-3-18(4-2,14-19)17(22)21-12-10-15(11-13-21)20-25(23,24)16-8-6-5-7-9-16/h5-9,15,20H,3-4,10-14,19H2,1-2H3. The Hall–Kier alpha value is -1.44. The fourth-order valence-corrected chi connectivity index (χ4v) is 4.68. The Bertz CT molecular complexity index is 656. The molecule has 1 aliphatic heterocycles. The number of nitrogens with two attached hydrogens (primary N) is 1. The van der Waals surface area contributed by atoms with Crippen molar-refractivity contribution in [3.63, 3.8) is 0 Å². The van der Waals surface area contributed by atoms with Crippen LogP contribution in [-0.4, -0.2) is 44.9 Å². The highest BCUT2D eigenvalue weighted by atomic mass is 32.2. The molecule has 1 amide bonds. The highest BCUT2D eigenvalue weighted by Crippen LogP contribution is 2.29. The molecule has 140 valence electrons. The van der Waals surface area contributed by atoms with E-state index in [0.29, 0.717) is 32.5 Å². The smallest absolute Gasteiger partial charge is 0.240 e. The maximum atomic E-state index is 12.8. The second kappa shape index (κ2) is 8.29. The summed E-state index contributed by atoms with van der Waals surface area (Å²) >= 11 is 0. The average molecular weight is 368 g/mol. The number of rotatable bonds is 7. The molecule has 1 fully saturated rings. The summed E-state index contributed by atoms with van der Waals surface area (Å²) in [5.74, 6) is 0.101. The zero-order chi connectivity index (χ0) is 18.5. The van der Waals surface area contributed by atoms with E-state index in [1.165, 1.54) is 0 Å². The summed E-state index contributed by atoms with van der Waals surface area (Å²) in [4.78, 5) is 14.9. The summed E-state index contributed by atoms with van der Waals surface area (Å²) in [6.07, 6.45) is 2.68. The minimum Gasteiger partial charge on any atom is -0.342 e. The van der Waals surface area contributed by atoms with Gasteiger partial charge in [0.05, 0.1) is 10.3 Å². The molecule has 1 aromatic rings. The van der Waals surface area contributed by atoms with Crippen molar-refractivity contribution in [2.75, 3.05) is 19.6 Å². The Morgan fingerprint density at radius 1 is 1.20 bits per heavy atom. The molecular formula is C18H29N3O3S. The van der Waals surface area contributed by atoms with Crippen molar-refractivity contribution in [2.45, 2.75) is 50.5 Å². The molecule has 1 heterocycles. The van der Waals surface area contributed by atoms with Crippen LogP contribution in [0.5, 0.6) is 0 Å². The molecule has 2 rings (SSSR count). The van der Waals surface area contributed by atoms with Crippen LogP contribution in [-0.2, 0) is 14.8 Å². The monoisotopic (exact) mass is 367 g/mol. The topological polar surface area (TPSA) is 92.5 Å². The van der Waals surface area contributed by atoms with Crippen LogP contribution in [0.1, 0.15) is 39.5 Å². The first-order valence-corrected chi connectivity index (χ1v) is 10.4. The van der Waals surface area contributed by atoms with Crippen LogP contribution >= 0.6 is 0 Å². The van der Waals surface area contributed by atoms with Gasteiger partial charge in [0.15, 0.2) is 0 Å². The third-order valence-electron chi connectivity index (χ3n) is 5.36. The molecular weight excluding hydrogens is 338 g/mol. The lowest BCUT2D eigenvalue weighted by molar-refractivity contribution is -0.143. The van der Waals surface area contributed by atoms with Gasteiger partial charge in [0, 0.05) is 25.7 Å². The number of hydrogen-bond acceptors (Lipinski definition) is 4. The van der Waals surface area contributed by atoms with E-state index in [-0.39, 0.29) is 16.8 Å². The molecule has 1 saturated heterocycles. The Labute approximate surface area is 150 Å². The van der Waals surface area contributed by atoms with Crippen LogP contribution in [0.25, 0.3) is 0 Å². The van der Waals surface area contributed by atoms with Crippen LogP contribution < -0.4 is 10.5 Å². The summed E-state index contributed by atoms with van der Waals surface area (Å²) < 4.78 is 27.6. The second-order valence-corrected chi connectivity index (χ2v) is 8.41. The molecule has 0 aromatic heterocycles. The van der Waals surface area contributed by atoms with E-state index in [9.17, 15) is 13.2 Å². The van der Waals surface area contributed by atoms with Crippen LogP contribution in [0, 0.1) is 5.41 Å². The van der Waals surface area contributed by atoms with Gasteiger partial charge in [-0.15, -0.1) is 0 Å². The SMILES string of the molecule is CCC(CC)(CN)C(=O)N1CCC(NS(=O)(=O)c2ccccc2)CC1. The van der Waals surface area contributed by atoms with Gasteiger partial charge in [-0.3, -0.25) is 4.79 Å². The highest BCUT2D eigenvalue weighted by molar-refractivity contribution is 7.89. The molecule has 7 heteroatoms. The maximum Gasteiger partial charge on any atom is 0.240 e. The lowest BCUT2D eigenvalue weighted by atomic mass is 9.80. The van der Waals surface area contributed by atoms with Crippen LogP contribution in [0.4, 0.5) is 0 Å². The van der Waals surface area contributed by atoms with Crippen molar-refractivity contribution in [1.82, 2.24) is 9.62 Å². The van der Waals surface area contributed by atoms with Crippen LogP contribution in [0.2, 0.25) is 0 Å². The first kappa shape index (κ1) is 19.9. The number of hydrogen-bond donors (Lipinski definition) is 2. The number of carbonyl (C=O) groups is 1. The number of carbonyl (C=O) groups excluding carboxylic acids is 1. The van der Waals surface area contributed by atoms with E-state index in [0.717, 1.165) is 12.8 Å². The number of sulfonamides is 1. The molecule has 25 heavy (non-hydrogen) atoms. The van der Waals surface area contributed by atoms with E-state index in [4.69, 9.17) is 5.73 Å². The molecule has 3 N–H and O–H groups in total. The first-order chi connectivity index (χ1) is 11.9. The molecule has 6 nitrogen and oxygen atoms in total. The normalized spacial score (nSPS) is 16.8. The molecule has 0 saturated carbocycles. The predicted octanol–water partition coefficient (Wildman–Crippen LogP) is 1.72. The largest absolute Gasteiger partial charge is 0.342 e. The van der Waals surface area contributed by atoms with E-state index in [1.807, 2.05) is 18.7 Å². The van der Waals surface area contributed by atoms with Crippen molar-refractivity contribution < 1.29 is 13.2 Å². The molecule has 1 aromatic carbocycles. The lowest BCUT2D eigenvalue weighted by Crippen LogP contribution is -2.52. The molecule has 0 atom stereocenters. The number of nitrogens with zero attached hydrogens (tertiary/aromatic N) is 1. The van der Waals surface area contributed by atoms with Gasteiger partial charge in [-0.05, 0) is 37.8 Å². The Balaban J connectivity index is 1.97. The summed E-state index contributed by atoms with van der Waals surface area (Å²) in [6, 6.07) is 8.21. The minimum absolute atomic E-state index is 0.101. The van der Waals surface area contributed by atoms with Gasteiger partial charge in [-0.25, -0.2) is 13.1 Å². The molecule has 0 radical (unpaired) electrons. The van der Waals surface area contributed by atoms with E-state index in [2.05, 4.69) is 4.72 Å². The van der Waals surface area contributed by atoms with Crippen molar-refractivity contribution in [3.8, 4) is 0 Å². The van der Waals surface area contributed by atoms with Gasteiger partial charge < -0.3 is 10.6 Å². The molecule has 0 bridgehead atoms. The Morgan fingerprint density at radius 3 is 2.24 bits per heavy atom. The van der Waals surface area contributed by atoms with Crippen LogP contribution in [0.15, 0.2) is 35.2 Å². The zero-order valence-electron chi connectivity index (χ0n) is 15.1. The number of nitrogens with one attached hydrogen (secondary N) is 1. The molecule has 1 aliphatic rings. The average Bonchev–Trinajstić information content (AvgIpc) is 2.64. The van der Waals surface area contributed by atoms with Crippen molar-refractivity contribution in [1.29, 1.82) is 0 Å². The third-order valence-corrected chi connectivity index (χ3v) is 6.89. The number of amides is 1. The van der Waals surface area contributed by atoms with E-state index >= 15 is 0 Å². The lowest BCUT2D eigenvalue weighted by Gasteiger charge is -2.39. The zero-order valence-corrected chi connectivity index (χ0v) is 15.9. The summed E-state index contributed by atoms with van der Waals surface area (Å²) in [6.45, 7) is 5.45. The van der Waals surface area contributed by atoms with Crippen molar-refractivity contribution >= 4 is 15.9 Å². The van der Waals surface area contributed by atoms with E-state index < -0.39 is 15.4 Å². The Morgan fingerprint density at radius 2 is 1.76 bits per heavy atom. The number of benzene rings is 1. The molecule has 0 spiro atoms. The predicted molar refractivity (Wildman–Crippen MR) is 98.4 cm³/mol. The number of piperidine rings is 1. The summed E-state index contributed by atoms with van der Waals surface area (Å²) in [5, 5.41) is 0. The van der Waals surface area contributed by atoms with Crippen molar-refractivity contribution in [2.24, 2.45) is 11.1 Å². The van der Waals surface area contributed by atoms with Gasteiger partial charge in [0.25, 0.3) is 0 Å². The highest BCUT2D eigenvalue weighted by Gasteiger charge is 2.38. The Kier molecular flexibility index (Phi) is 6.59. The maximum absolute atomic E-state index is 12.8. The summed E-state index contributed by atoms with van der Waals surface area (Å²) in [7, 11) is -3.51. The van der Waals surface area contributed by atoms with Crippen molar-refractivity contribution in [3.05, 3.63) is 30.3 Å². The third kappa shape index (κ3) is 4.40. The van der Waals surface area contributed by atoms with Gasteiger partial charge >= 0.3 is 0 Å². The molecule has 0 unspecified atom stereocenters. The molecule has 0 aliphatic carbocycles. The fourth-order valence-electron chi connectivity index (χ4n) is 3.35. The van der Waals surface area contributed by atoms with Gasteiger partial charge in [0.1, 0.15) is 0 Å². The van der Waals surface area contributed by atoms with Gasteiger partial charge in [-0.1, -0.05) is 32.0 Å². The second-order valence-electron chi connectivity index (χ2n) is 6.69. The van der Waals surface area contributed by atoms with Gasteiger partial charge in [0.2, 0.25) is 15.9 Å². The fraction of sp³-hybridized carbons (Fsp3) is 0.611. The quantitative estimate of drug-likeness (QED) is 0.767. The summed E-state index contributed by atoms with van der Waals surface area (Å²) in [5.41, 5.74) is 5.38. The van der Waals surface area contributed by atoms with Crippen LogP contribution in [0.3, 0.4) is 0 Å².